The molecule has 1 aliphatic carbocycles. The van der Waals surface area contributed by atoms with E-state index in [2.05, 4.69) is 15.8 Å². The summed E-state index contributed by atoms with van der Waals surface area (Å²) in [6.45, 7) is 1.80. The molecule has 1 atom stereocenters. The second-order valence-corrected chi connectivity index (χ2v) is 4.25. The van der Waals surface area contributed by atoms with Gasteiger partial charge in [-0.3, -0.25) is 4.79 Å². The summed E-state index contributed by atoms with van der Waals surface area (Å²) < 4.78 is 2.06. The maximum absolute atomic E-state index is 11.9. The molecule has 0 bridgehead atoms. The Morgan fingerprint density at radius 1 is 1.69 bits per heavy atom. The molecule has 1 aliphatic rings. The van der Waals surface area contributed by atoms with Gasteiger partial charge >= 0.3 is 0 Å². The lowest BCUT2D eigenvalue weighted by Gasteiger charge is -2.28. The molecule has 1 saturated carbocycles. The molecule has 2 rings (SSSR count). The topological polar surface area (TPSA) is 34.0 Å². The van der Waals surface area contributed by atoms with Crippen LogP contribution in [-0.4, -0.2) is 16.5 Å². The molecule has 0 aromatic carbocycles. The van der Waals surface area contributed by atoms with Crippen molar-refractivity contribution in [1.82, 2.24) is 9.88 Å². The van der Waals surface area contributed by atoms with Crippen molar-refractivity contribution in [1.29, 1.82) is 0 Å². The number of carbonyl (C=O) groups is 1. The van der Waals surface area contributed by atoms with E-state index in [4.69, 9.17) is 6.42 Å². The van der Waals surface area contributed by atoms with Gasteiger partial charge in [0.25, 0.3) is 5.91 Å². The molecule has 1 amide bonds. The molecule has 3 nitrogen and oxygen atoms in total. The third-order valence-electron chi connectivity index (χ3n) is 3.08. The zero-order valence-electron chi connectivity index (χ0n) is 9.44. The largest absolute Gasteiger partial charge is 0.340 e. The smallest absolute Gasteiger partial charge is 0.268 e. The number of hydrogen-bond acceptors (Lipinski definition) is 1. The Bertz CT molecular complexity index is 423. The molecule has 16 heavy (non-hydrogen) atoms. The highest BCUT2D eigenvalue weighted by atomic mass is 16.2. The van der Waals surface area contributed by atoms with Crippen LogP contribution in [-0.2, 0) is 0 Å². The number of carbonyl (C=O) groups excluding carboxylic acids is 1. The minimum Gasteiger partial charge on any atom is -0.340 e. The van der Waals surface area contributed by atoms with Crippen molar-refractivity contribution in [2.24, 2.45) is 0 Å². The van der Waals surface area contributed by atoms with Crippen molar-refractivity contribution >= 4 is 5.91 Å². The Labute approximate surface area is 95.8 Å². The van der Waals surface area contributed by atoms with Crippen LogP contribution in [0.5, 0.6) is 0 Å². The number of hydrogen-bond donors (Lipinski definition) is 1. The predicted molar refractivity (Wildman–Crippen MR) is 63.1 cm³/mol. The van der Waals surface area contributed by atoms with Gasteiger partial charge in [-0.1, -0.05) is 5.92 Å². The van der Waals surface area contributed by atoms with Gasteiger partial charge in [0.1, 0.15) is 5.69 Å². The molecule has 0 saturated heterocycles. The zero-order valence-corrected chi connectivity index (χ0v) is 9.44. The Kier molecular flexibility index (Phi) is 3.00. The van der Waals surface area contributed by atoms with E-state index in [0.717, 1.165) is 0 Å². The van der Waals surface area contributed by atoms with Crippen LogP contribution in [0.3, 0.4) is 0 Å². The third-order valence-corrected chi connectivity index (χ3v) is 3.08. The normalized spacial score (nSPS) is 17.2. The van der Waals surface area contributed by atoms with Crippen molar-refractivity contribution in [3.05, 3.63) is 24.0 Å². The van der Waals surface area contributed by atoms with Crippen molar-refractivity contribution in [3.8, 4) is 12.3 Å². The highest BCUT2D eigenvalue weighted by Crippen LogP contribution is 2.32. The fourth-order valence-corrected chi connectivity index (χ4v) is 1.88. The standard InChI is InChI=1S/C13H16N2O/c1-3-10(2)14-13(16)12-8-5-9-15(12)11-6-4-7-11/h1,5,8-11H,4,6-7H2,2H3,(H,14,16). The molecule has 1 aromatic heterocycles. The van der Waals surface area contributed by atoms with E-state index >= 15 is 0 Å². The number of aromatic nitrogens is 1. The Morgan fingerprint density at radius 3 is 3.00 bits per heavy atom. The molecule has 84 valence electrons. The fourth-order valence-electron chi connectivity index (χ4n) is 1.88. The molecule has 1 fully saturated rings. The van der Waals surface area contributed by atoms with Gasteiger partial charge in [-0.2, -0.15) is 0 Å². The summed E-state index contributed by atoms with van der Waals surface area (Å²) in [7, 11) is 0. The van der Waals surface area contributed by atoms with E-state index in [0.29, 0.717) is 11.7 Å². The van der Waals surface area contributed by atoms with E-state index in [-0.39, 0.29) is 11.9 Å². The van der Waals surface area contributed by atoms with E-state index in [1.165, 1.54) is 19.3 Å². The van der Waals surface area contributed by atoms with Crippen LogP contribution >= 0.6 is 0 Å². The summed E-state index contributed by atoms with van der Waals surface area (Å²) in [6.07, 6.45) is 10.8. The van der Waals surface area contributed by atoms with Crippen molar-refractivity contribution in [3.63, 3.8) is 0 Å². The summed E-state index contributed by atoms with van der Waals surface area (Å²) >= 11 is 0. The maximum Gasteiger partial charge on any atom is 0.268 e. The van der Waals surface area contributed by atoms with Gasteiger partial charge in [-0.05, 0) is 38.3 Å². The monoisotopic (exact) mass is 216 g/mol. The molecule has 1 unspecified atom stereocenters. The first-order valence-electron chi connectivity index (χ1n) is 5.66. The first-order chi connectivity index (χ1) is 7.72. The van der Waals surface area contributed by atoms with Crippen LogP contribution in [0.2, 0.25) is 0 Å². The van der Waals surface area contributed by atoms with E-state index in [1.54, 1.807) is 6.92 Å². The number of rotatable bonds is 3. The van der Waals surface area contributed by atoms with Crippen LogP contribution in [0.4, 0.5) is 0 Å². The van der Waals surface area contributed by atoms with Crippen LogP contribution in [0.1, 0.15) is 42.7 Å². The molecule has 1 heterocycles. The maximum atomic E-state index is 11.9. The van der Waals surface area contributed by atoms with E-state index in [9.17, 15) is 4.79 Å². The lowest BCUT2D eigenvalue weighted by molar-refractivity contribution is 0.0933. The van der Waals surface area contributed by atoms with E-state index in [1.807, 2.05) is 18.3 Å². The number of nitrogens with one attached hydrogen (secondary N) is 1. The second-order valence-electron chi connectivity index (χ2n) is 4.25. The van der Waals surface area contributed by atoms with E-state index < -0.39 is 0 Å². The number of terminal acetylenes is 1. The van der Waals surface area contributed by atoms with Crippen molar-refractivity contribution in [2.45, 2.75) is 38.3 Å². The van der Waals surface area contributed by atoms with Gasteiger partial charge in [-0.15, -0.1) is 6.42 Å². The van der Waals surface area contributed by atoms with Crippen LogP contribution in [0, 0.1) is 12.3 Å². The lowest BCUT2D eigenvalue weighted by atomic mass is 9.93. The highest BCUT2D eigenvalue weighted by Gasteiger charge is 2.23. The lowest BCUT2D eigenvalue weighted by Crippen LogP contribution is -2.34. The molecule has 0 aliphatic heterocycles. The second kappa shape index (κ2) is 4.44. The van der Waals surface area contributed by atoms with Gasteiger partial charge < -0.3 is 9.88 Å². The van der Waals surface area contributed by atoms with Crippen LogP contribution < -0.4 is 5.32 Å². The summed E-state index contributed by atoms with van der Waals surface area (Å²) in [5.41, 5.74) is 0.715. The average molecular weight is 216 g/mol. The van der Waals surface area contributed by atoms with Crippen molar-refractivity contribution < 1.29 is 4.79 Å². The molecular formula is C13H16N2O. The Morgan fingerprint density at radius 2 is 2.44 bits per heavy atom. The first-order valence-corrected chi connectivity index (χ1v) is 5.66. The Balaban J connectivity index is 2.11. The third kappa shape index (κ3) is 1.96. The van der Waals surface area contributed by atoms with Gasteiger partial charge in [0, 0.05) is 12.2 Å². The molecule has 1 aromatic rings. The predicted octanol–water partition coefficient (Wildman–Crippen LogP) is 1.96. The summed E-state index contributed by atoms with van der Waals surface area (Å²) in [4.78, 5) is 11.9. The van der Waals surface area contributed by atoms with Crippen LogP contribution in [0.15, 0.2) is 18.3 Å². The van der Waals surface area contributed by atoms with Crippen LogP contribution in [0.25, 0.3) is 0 Å². The summed E-state index contributed by atoms with van der Waals surface area (Å²) in [6, 6.07) is 4.03. The molecule has 1 N–H and O–H groups in total. The number of amides is 1. The number of nitrogens with zero attached hydrogens (tertiary/aromatic N) is 1. The summed E-state index contributed by atoms with van der Waals surface area (Å²) in [5.74, 6) is 2.41. The Hall–Kier alpha value is -1.69. The quantitative estimate of drug-likeness (QED) is 0.770. The first kappa shape index (κ1) is 10.8. The minimum atomic E-state index is -0.225. The fraction of sp³-hybridized carbons (Fsp3) is 0.462. The van der Waals surface area contributed by atoms with Gasteiger partial charge in [-0.25, -0.2) is 0 Å². The van der Waals surface area contributed by atoms with Gasteiger partial charge in [0.15, 0.2) is 0 Å². The average Bonchev–Trinajstić information content (AvgIpc) is 2.63. The van der Waals surface area contributed by atoms with Gasteiger partial charge in [0.05, 0.1) is 6.04 Å². The molecule has 0 radical (unpaired) electrons. The minimum absolute atomic E-state index is 0.0812. The molecular weight excluding hydrogens is 200 g/mol. The van der Waals surface area contributed by atoms with Gasteiger partial charge in [0.2, 0.25) is 0 Å². The zero-order chi connectivity index (χ0) is 11.5. The summed E-state index contributed by atoms with van der Waals surface area (Å²) in [5, 5.41) is 2.78. The van der Waals surface area contributed by atoms with Crippen molar-refractivity contribution in [2.75, 3.05) is 0 Å². The highest BCUT2D eigenvalue weighted by molar-refractivity contribution is 5.93. The molecule has 0 spiro atoms. The SMILES string of the molecule is C#CC(C)NC(=O)c1cccn1C1CCC1. The molecule has 3 heteroatoms.